The summed E-state index contributed by atoms with van der Waals surface area (Å²) in [6, 6.07) is 9.18. The summed E-state index contributed by atoms with van der Waals surface area (Å²) in [6.07, 6.45) is 0. The number of carbonyl (C=O) groups excluding carboxylic acids is 4. The van der Waals surface area contributed by atoms with Crippen LogP contribution in [-0.2, 0) is 19.0 Å². The highest BCUT2D eigenvalue weighted by Crippen LogP contribution is 2.20. The van der Waals surface area contributed by atoms with Crippen LogP contribution < -0.4 is 5.32 Å². The number of amides is 1. The topological polar surface area (TPSA) is 128 Å². The number of nitrogens with one attached hydrogen (secondary N) is 1. The smallest absolute Gasteiger partial charge is 0.339 e. The zero-order chi connectivity index (χ0) is 20.7. The molecule has 0 bridgehead atoms. The third kappa shape index (κ3) is 5.07. The first kappa shape index (κ1) is 20.4. The van der Waals surface area contributed by atoms with Gasteiger partial charge in [-0.3, -0.25) is 4.79 Å². The Labute approximate surface area is 159 Å². The molecule has 9 nitrogen and oxygen atoms in total. The van der Waals surface area contributed by atoms with E-state index in [1.165, 1.54) is 56.7 Å². The molecule has 0 aliphatic carbocycles. The number of benzene rings is 2. The summed E-state index contributed by atoms with van der Waals surface area (Å²) in [5.41, 5.74) is 0.258. The van der Waals surface area contributed by atoms with Gasteiger partial charge in [0, 0.05) is 0 Å². The molecule has 0 unspecified atom stereocenters. The van der Waals surface area contributed by atoms with Gasteiger partial charge in [-0.15, -0.1) is 0 Å². The number of rotatable bonds is 6. The minimum Gasteiger partial charge on any atom is -0.508 e. The third-order valence-corrected chi connectivity index (χ3v) is 3.56. The maximum Gasteiger partial charge on any atom is 0.339 e. The van der Waals surface area contributed by atoms with Crippen LogP contribution >= 0.6 is 0 Å². The molecule has 1 amide bonds. The van der Waals surface area contributed by atoms with E-state index in [4.69, 9.17) is 4.74 Å². The van der Waals surface area contributed by atoms with Gasteiger partial charge in [0.2, 0.25) is 0 Å². The Morgan fingerprint density at radius 2 is 1.46 bits per heavy atom. The van der Waals surface area contributed by atoms with E-state index in [1.54, 1.807) is 0 Å². The van der Waals surface area contributed by atoms with Gasteiger partial charge in [0.05, 0.1) is 36.6 Å². The molecule has 0 aliphatic heterocycles. The molecule has 2 aromatic rings. The predicted octanol–water partition coefficient (Wildman–Crippen LogP) is 1.76. The molecule has 9 heteroatoms. The van der Waals surface area contributed by atoms with Crippen molar-refractivity contribution in [2.75, 3.05) is 26.1 Å². The molecular weight excluding hydrogens is 370 g/mol. The van der Waals surface area contributed by atoms with Crippen LogP contribution in [0.1, 0.15) is 31.1 Å². The fourth-order valence-electron chi connectivity index (χ4n) is 2.18. The first-order chi connectivity index (χ1) is 13.3. The van der Waals surface area contributed by atoms with Gasteiger partial charge in [0.15, 0.2) is 6.61 Å². The molecule has 0 fully saturated rings. The summed E-state index contributed by atoms with van der Waals surface area (Å²) in [7, 11) is 2.36. The third-order valence-electron chi connectivity index (χ3n) is 3.56. The van der Waals surface area contributed by atoms with Crippen LogP contribution in [0.25, 0.3) is 0 Å². The van der Waals surface area contributed by atoms with Crippen LogP contribution in [0, 0.1) is 0 Å². The number of hydrogen-bond donors (Lipinski definition) is 2. The van der Waals surface area contributed by atoms with Crippen LogP contribution in [0.2, 0.25) is 0 Å². The minimum atomic E-state index is -0.772. The molecule has 0 radical (unpaired) electrons. The van der Waals surface area contributed by atoms with Crippen LogP contribution in [0.5, 0.6) is 5.75 Å². The van der Waals surface area contributed by atoms with Crippen molar-refractivity contribution in [3.63, 3.8) is 0 Å². The molecule has 0 aromatic heterocycles. The first-order valence-electron chi connectivity index (χ1n) is 7.92. The summed E-state index contributed by atoms with van der Waals surface area (Å²) in [6.45, 7) is -0.636. The maximum absolute atomic E-state index is 12.1. The number of phenolic OH excluding ortho intramolecular Hbond substituents is 1. The molecule has 0 aliphatic rings. The lowest BCUT2D eigenvalue weighted by Crippen LogP contribution is -2.22. The van der Waals surface area contributed by atoms with E-state index in [0.29, 0.717) is 0 Å². The normalized spacial score (nSPS) is 9.93. The van der Waals surface area contributed by atoms with Crippen molar-refractivity contribution in [2.24, 2.45) is 0 Å². The van der Waals surface area contributed by atoms with Gasteiger partial charge in [-0.1, -0.05) is 0 Å². The van der Waals surface area contributed by atoms with E-state index in [2.05, 4.69) is 14.8 Å². The molecule has 2 rings (SSSR count). The highest BCUT2D eigenvalue weighted by molar-refractivity contribution is 6.04. The van der Waals surface area contributed by atoms with Gasteiger partial charge in [-0.05, 0) is 42.5 Å². The van der Waals surface area contributed by atoms with Crippen molar-refractivity contribution in [3.8, 4) is 5.75 Å². The van der Waals surface area contributed by atoms with Crippen LogP contribution in [-0.4, -0.2) is 49.7 Å². The number of ether oxygens (including phenoxy) is 3. The Bertz CT molecular complexity index is 905. The molecule has 0 heterocycles. The van der Waals surface area contributed by atoms with E-state index in [-0.39, 0.29) is 28.1 Å². The largest absolute Gasteiger partial charge is 0.508 e. The van der Waals surface area contributed by atoms with Gasteiger partial charge >= 0.3 is 17.9 Å². The van der Waals surface area contributed by atoms with Crippen molar-refractivity contribution >= 4 is 29.5 Å². The van der Waals surface area contributed by atoms with Crippen molar-refractivity contribution in [1.82, 2.24) is 0 Å². The average Bonchev–Trinajstić information content (AvgIpc) is 2.71. The standard InChI is InChI=1S/C19H17NO8/c1-26-17(23)12-5-8-14(19(25)27-2)15(9-12)20-16(22)10-28-18(24)11-3-6-13(21)7-4-11/h3-9,21H,10H2,1-2H3,(H,20,22). The van der Waals surface area contributed by atoms with Crippen molar-refractivity contribution in [1.29, 1.82) is 0 Å². The second kappa shape index (κ2) is 9.17. The fraction of sp³-hybridized carbons (Fsp3) is 0.158. The highest BCUT2D eigenvalue weighted by Gasteiger charge is 2.18. The van der Waals surface area contributed by atoms with Gasteiger partial charge in [0.1, 0.15) is 5.75 Å². The summed E-state index contributed by atoms with van der Waals surface area (Å²) in [5.74, 6) is -2.92. The quantitative estimate of drug-likeness (QED) is 0.567. The fourth-order valence-corrected chi connectivity index (χ4v) is 2.18. The molecule has 146 valence electrons. The number of methoxy groups -OCH3 is 2. The van der Waals surface area contributed by atoms with Gasteiger partial charge < -0.3 is 24.6 Å². The molecule has 28 heavy (non-hydrogen) atoms. The summed E-state index contributed by atoms with van der Waals surface area (Å²) in [4.78, 5) is 47.5. The van der Waals surface area contributed by atoms with E-state index < -0.39 is 30.4 Å². The SMILES string of the molecule is COC(=O)c1ccc(C(=O)OC)c(NC(=O)COC(=O)c2ccc(O)cc2)c1. The van der Waals surface area contributed by atoms with Crippen molar-refractivity contribution < 1.29 is 38.5 Å². The monoisotopic (exact) mass is 387 g/mol. The summed E-state index contributed by atoms with van der Waals surface area (Å²) in [5, 5.41) is 11.6. The minimum absolute atomic E-state index is 0.000400. The van der Waals surface area contributed by atoms with E-state index >= 15 is 0 Å². The van der Waals surface area contributed by atoms with Crippen molar-refractivity contribution in [2.45, 2.75) is 0 Å². The number of phenols is 1. The van der Waals surface area contributed by atoms with Gasteiger partial charge in [-0.2, -0.15) is 0 Å². The van der Waals surface area contributed by atoms with E-state index in [0.717, 1.165) is 0 Å². The lowest BCUT2D eigenvalue weighted by atomic mass is 10.1. The Hall–Kier alpha value is -3.88. The number of hydrogen-bond acceptors (Lipinski definition) is 8. The second-order valence-corrected chi connectivity index (χ2v) is 5.41. The lowest BCUT2D eigenvalue weighted by Gasteiger charge is -2.11. The Balaban J connectivity index is 2.10. The number of anilines is 1. The second-order valence-electron chi connectivity index (χ2n) is 5.41. The molecule has 0 spiro atoms. The Morgan fingerprint density at radius 3 is 2.07 bits per heavy atom. The van der Waals surface area contributed by atoms with Crippen LogP contribution in [0.15, 0.2) is 42.5 Å². The Morgan fingerprint density at radius 1 is 0.857 bits per heavy atom. The van der Waals surface area contributed by atoms with E-state index in [9.17, 15) is 24.3 Å². The number of aromatic hydroxyl groups is 1. The van der Waals surface area contributed by atoms with Crippen molar-refractivity contribution in [3.05, 3.63) is 59.2 Å². The summed E-state index contributed by atoms with van der Waals surface area (Å²) >= 11 is 0. The molecule has 0 atom stereocenters. The van der Waals surface area contributed by atoms with E-state index in [1.807, 2.05) is 0 Å². The average molecular weight is 387 g/mol. The van der Waals surface area contributed by atoms with Crippen LogP contribution in [0.3, 0.4) is 0 Å². The maximum atomic E-state index is 12.1. The zero-order valence-electron chi connectivity index (χ0n) is 15.1. The van der Waals surface area contributed by atoms with Gasteiger partial charge in [-0.25, -0.2) is 14.4 Å². The Kier molecular flexibility index (Phi) is 6.69. The lowest BCUT2D eigenvalue weighted by molar-refractivity contribution is -0.119. The van der Waals surface area contributed by atoms with Crippen LogP contribution in [0.4, 0.5) is 5.69 Å². The zero-order valence-corrected chi connectivity index (χ0v) is 15.1. The molecular formula is C19H17NO8. The highest BCUT2D eigenvalue weighted by atomic mass is 16.5. The first-order valence-corrected chi connectivity index (χ1v) is 7.92. The number of carbonyl (C=O) groups is 4. The molecule has 0 saturated heterocycles. The molecule has 2 aromatic carbocycles. The predicted molar refractivity (Wildman–Crippen MR) is 96.1 cm³/mol. The molecule has 2 N–H and O–H groups in total. The summed E-state index contributed by atoms with van der Waals surface area (Å²) < 4.78 is 14.1. The molecule has 0 saturated carbocycles. The van der Waals surface area contributed by atoms with Gasteiger partial charge in [0.25, 0.3) is 5.91 Å². The number of esters is 3.